The Bertz CT molecular complexity index is 1140. The quantitative estimate of drug-likeness (QED) is 0.417. The van der Waals surface area contributed by atoms with Crippen molar-refractivity contribution in [2.24, 2.45) is 0 Å². The largest absolute Gasteiger partial charge is 0.488 e. The Morgan fingerprint density at radius 2 is 1.74 bits per heavy atom. The van der Waals surface area contributed by atoms with Crippen LogP contribution in [0, 0.1) is 17.5 Å². The molecule has 0 aliphatic carbocycles. The number of carboxylic acids is 1. The zero-order valence-electron chi connectivity index (χ0n) is 18.1. The van der Waals surface area contributed by atoms with E-state index >= 15 is 0 Å². The molecule has 1 saturated heterocycles. The van der Waals surface area contributed by atoms with Gasteiger partial charge in [-0.2, -0.15) is 4.39 Å². The van der Waals surface area contributed by atoms with Crippen LogP contribution in [0.2, 0.25) is 0 Å². The minimum Gasteiger partial charge on any atom is -0.488 e. The molecule has 2 aromatic rings. The van der Waals surface area contributed by atoms with Crippen LogP contribution in [-0.4, -0.2) is 59.0 Å². The van der Waals surface area contributed by atoms with Gasteiger partial charge < -0.3 is 25.2 Å². The number of aryl methyl sites for hydroxylation is 1. The molecule has 2 aromatic carbocycles. The van der Waals surface area contributed by atoms with Crippen molar-refractivity contribution in [2.45, 2.75) is 31.3 Å². The predicted molar refractivity (Wildman–Crippen MR) is 116 cm³/mol. The highest BCUT2D eigenvalue weighted by molar-refractivity contribution is 5.98. The summed E-state index contributed by atoms with van der Waals surface area (Å²) < 4.78 is 45.6. The molecule has 0 radical (unpaired) electrons. The molecule has 2 heterocycles. The van der Waals surface area contributed by atoms with Gasteiger partial charge in [0.2, 0.25) is 5.82 Å². The maximum absolute atomic E-state index is 13.6. The molecule has 2 aliphatic rings. The van der Waals surface area contributed by atoms with E-state index in [0.29, 0.717) is 30.9 Å². The first-order valence-corrected chi connectivity index (χ1v) is 10.8. The lowest BCUT2D eigenvalue weighted by Gasteiger charge is -2.42. The topological polar surface area (TPSA) is 99.1 Å². The standard InChI is InChI=1S/C24H23F3N2O5/c25-17-7-8-18(26)22(21(17)27)34-9-1-2-13-3-5-14(6-4-13)16-10-15-11-29(24(32)33)12-19(28-15)20(16)23(30)31/h3-8,15,19,28H,1-2,9-12H2,(H,30,31)(H,32,33)/t15-,19-/m1/s1. The van der Waals surface area contributed by atoms with E-state index in [1.54, 1.807) is 0 Å². The Morgan fingerprint density at radius 3 is 2.41 bits per heavy atom. The highest BCUT2D eigenvalue weighted by atomic mass is 19.2. The molecule has 0 saturated carbocycles. The summed E-state index contributed by atoms with van der Waals surface area (Å²) in [6.07, 6.45) is 0.279. The van der Waals surface area contributed by atoms with Crippen molar-refractivity contribution in [1.82, 2.24) is 10.2 Å². The van der Waals surface area contributed by atoms with Crippen LogP contribution in [0.25, 0.3) is 5.57 Å². The number of nitrogens with one attached hydrogen (secondary N) is 1. The van der Waals surface area contributed by atoms with Gasteiger partial charge in [-0.05, 0) is 48.1 Å². The fourth-order valence-corrected chi connectivity index (χ4v) is 4.49. The fourth-order valence-electron chi connectivity index (χ4n) is 4.49. The summed E-state index contributed by atoms with van der Waals surface area (Å²) >= 11 is 0. The number of fused-ring (bicyclic) bond motifs is 2. The summed E-state index contributed by atoms with van der Waals surface area (Å²) in [4.78, 5) is 24.6. The van der Waals surface area contributed by atoms with Gasteiger partial charge in [-0.1, -0.05) is 24.3 Å². The number of hydrogen-bond donors (Lipinski definition) is 3. The molecule has 4 rings (SSSR count). The molecule has 7 nitrogen and oxygen atoms in total. The minimum atomic E-state index is -1.36. The molecule has 2 aliphatic heterocycles. The summed E-state index contributed by atoms with van der Waals surface area (Å²) in [6, 6.07) is 8.05. The van der Waals surface area contributed by atoms with Crippen LogP contribution < -0.4 is 10.1 Å². The van der Waals surface area contributed by atoms with Gasteiger partial charge >= 0.3 is 12.1 Å². The van der Waals surface area contributed by atoms with Crippen molar-refractivity contribution in [3.8, 4) is 5.75 Å². The number of nitrogens with zero attached hydrogens (tertiary/aromatic N) is 1. The van der Waals surface area contributed by atoms with E-state index in [-0.39, 0.29) is 31.3 Å². The number of aliphatic carboxylic acids is 1. The minimum absolute atomic E-state index is 0.0114. The van der Waals surface area contributed by atoms with Gasteiger partial charge in [0.05, 0.1) is 18.2 Å². The Labute approximate surface area is 193 Å². The number of benzene rings is 2. The average molecular weight is 476 g/mol. The first-order valence-electron chi connectivity index (χ1n) is 10.8. The number of hydrogen-bond acceptors (Lipinski definition) is 4. The summed E-state index contributed by atoms with van der Waals surface area (Å²) in [5, 5.41) is 22.3. The van der Waals surface area contributed by atoms with Crippen LogP contribution in [-0.2, 0) is 11.2 Å². The Balaban J connectivity index is 1.42. The third-order valence-corrected chi connectivity index (χ3v) is 6.07. The smallest absolute Gasteiger partial charge is 0.407 e. The first kappa shape index (κ1) is 23.6. The van der Waals surface area contributed by atoms with Gasteiger partial charge in [-0.3, -0.25) is 0 Å². The molecule has 0 aromatic heterocycles. The first-order chi connectivity index (χ1) is 16.2. The van der Waals surface area contributed by atoms with Crippen LogP contribution in [0.5, 0.6) is 5.75 Å². The average Bonchev–Trinajstić information content (AvgIpc) is 2.80. The summed E-state index contributed by atoms with van der Waals surface area (Å²) in [6.45, 7) is 0.344. The maximum atomic E-state index is 13.6. The number of amides is 1. The molecular formula is C24H23F3N2O5. The van der Waals surface area contributed by atoms with Gasteiger partial charge in [-0.15, -0.1) is 0 Å². The molecule has 2 atom stereocenters. The van der Waals surface area contributed by atoms with Crippen molar-refractivity contribution in [1.29, 1.82) is 0 Å². The van der Waals surface area contributed by atoms with E-state index < -0.39 is 41.3 Å². The zero-order valence-corrected chi connectivity index (χ0v) is 18.1. The molecule has 1 fully saturated rings. The van der Waals surface area contributed by atoms with Gasteiger partial charge in [0.1, 0.15) is 0 Å². The van der Waals surface area contributed by atoms with E-state index in [9.17, 15) is 33.0 Å². The van der Waals surface area contributed by atoms with Gasteiger partial charge in [0.15, 0.2) is 17.4 Å². The molecule has 180 valence electrons. The van der Waals surface area contributed by atoms with Crippen LogP contribution in [0.15, 0.2) is 42.0 Å². The number of carbonyl (C=O) groups is 2. The van der Waals surface area contributed by atoms with Crippen molar-refractivity contribution < 1.29 is 37.7 Å². The molecule has 3 N–H and O–H groups in total. The van der Waals surface area contributed by atoms with Crippen molar-refractivity contribution in [3.05, 3.63) is 70.5 Å². The van der Waals surface area contributed by atoms with Gasteiger partial charge in [0.25, 0.3) is 0 Å². The number of ether oxygens (including phenoxy) is 1. The molecule has 0 unspecified atom stereocenters. The normalized spacial score (nSPS) is 19.8. The highest BCUT2D eigenvalue weighted by Gasteiger charge is 2.39. The lowest BCUT2D eigenvalue weighted by Crippen LogP contribution is -2.61. The van der Waals surface area contributed by atoms with Crippen LogP contribution in [0.3, 0.4) is 0 Å². The molecule has 1 amide bonds. The van der Waals surface area contributed by atoms with Crippen LogP contribution >= 0.6 is 0 Å². The van der Waals surface area contributed by atoms with Crippen LogP contribution in [0.4, 0.5) is 18.0 Å². The molecular weight excluding hydrogens is 453 g/mol. The van der Waals surface area contributed by atoms with E-state index in [2.05, 4.69) is 5.32 Å². The van der Waals surface area contributed by atoms with Crippen molar-refractivity contribution in [2.75, 3.05) is 19.7 Å². The van der Waals surface area contributed by atoms with Crippen molar-refractivity contribution in [3.63, 3.8) is 0 Å². The third kappa shape index (κ3) is 4.86. The summed E-state index contributed by atoms with van der Waals surface area (Å²) in [5.74, 6) is -5.33. The Morgan fingerprint density at radius 1 is 1.03 bits per heavy atom. The molecule has 34 heavy (non-hydrogen) atoms. The lowest BCUT2D eigenvalue weighted by atomic mass is 9.83. The SMILES string of the molecule is O=C(O)C1=C(c2ccc(CCCOc3c(F)ccc(F)c3F)cc2)C[C@@H]2CN(C(=O)O)C[C@H]1N2. The number of piperazine rings is 1. The highest BCUT2D eigenvalue weighted by Crippen LogP contribution is 2.33. The number of carboxylic acid groups (broad SMARTS) is 2. The molecule has 2 bridgehead atoms. The van der Waals surface area contributed by atoms with Gasteiger partial charge in [0, 0.05) is 19.1 Å². The van der Waals surface area contributed by atoms with Crippen molar-refractivity contribution >= 4 is 17.6 Å². The maximum Gasteiger partial charge on any atom is 0.407 e. The van der Waals surface area contributed by atoms with E-state index in [1.165, 1.54) is 4.90 Å². The predicted octanol–water partition coefficient (Wildman–Crippen LogP) is 3.68. The van der Waals surface area contributed by atoms with E-state index in [1.807, 2.05) is 24.3 Å². The summed E-state index contributed by atoms with van der Waals surface area (Å²) in [5.41, 5.74) is 2.51. The summed E-state index contributed by atoms with van der Waals surface area (Å²) in [7, 11) is 0. The second-order valence-corrected chi connectivity index (χ2v) is 8.33. The monoisotopic (exact) mass is 476 g/mol. The zero-order chi connectivity index (χ0) is 24.4. The van der Waals surface area contributed by atoms with Gasteiger partial charge in [-0.25, -0.2) is 18.4 Å². The second kappa shape index (κ2) is 9.76. The third-order valence-electron chi connectivity index (χ3n) is 6.07. The van der Waals surface area contributed by atoms with Crippen LogP contribution in [0.1, 0.15) is 24.0 Å². The number of rotatable bonds is 7. The Kier molecular flexibility index (Phi) is 6.78. The Hall–Kier alpha value is -3.53. The van der Waals surface area contributed by atoms with E-state index in [4.69, 9.17) is 4.74 Å². The van der Waals surface area contributed by atoms with E-state index in [0.717, 1.165) is 17.2 Å². The fraction of sp³-hybridized carbons (Fsp3) is 0.333. The second-order valence-electron chi connectivity index (χ2n) is 8.33. The molecule has 0 spiro atoms. The lowest BCUT2D eigenvalue weighted by molar-refractivity contribution is -0.133. The number of halogens is 3. The molecule has 10 heteroatoms.